The van der Waals surface area contributed by atoms with Crippen molar-refractivity contribution in [1.82, 2.24) is 36.3 Å². The molecule has 0 saturated carbocycles. The molecule has 7 N–H and O–H groups in total. The Kier molecular flexibility index (Phi) is 17.2. The van der Waals surface area contributed by atoms with Crippen molar-refractivity contribution >= 4 is 35.5 Å². The van der Waals surface area contributed by atoms with Crippen LogP contribution in [-0.4, -0.2) is 96.4 Å². The van der Waals surface area contributed by atoms with Gasteiger partial charge in [-0.05, 0) is 43.4 Å². The Hall–Kier alpha value is -4.77. The number of urea groups is 2. The van der Waals surface area contributed by atoms with Crippen molar-refractivity contribution in [2.24, 2.45) is 11.7 Å². The number of anilines is 1. The number of nitrogens with one attached hydrogen (secondary N) is 5. The molecule has 1 aromatic carbocycles. The maximum absolute atomic E-state index is 13.3. The van der Waals surface area contributed by atoms with Crippen LogP contribution in [0.2, 0.25) is 0 Å². The number of aromatic nitrogens is 3. The number of amides is 6. The summed E-state index contributed by atoms with van der Waals surface area (Å²) in [7, 11) is 0. The quantitative estimate of drug-likeness (QED) is 0.0805. The number of nitrogens with zero attached hydrogens (tertiary/aromatic N) is 3. The van der Waals surface area contributed by atoms with Gasteiger partial charge in [0.15, 0.2) is 0 Å². The van der Waals surface area contributed by atoms with E-state index in [0.717, 1.165) is 11.3 Å². The van der Waals surface area contributed by atoms with Crippen LogP contribution in [0, 0.1) is 12.8 Å². The molecule has 0 unspecified atom stereocenters. The van der Waals surface area contributed by atoms with Gasteiger partial charge in [0.05, 0.1) is 38.7 Å². The van der Waals surface area contributed by atoms with Gasteiger partial charge >= 0.3 is 18.0 Å². The van der Waals surface area contributed by atoms with Crippen molar-refractivity contribution < 1.29 is 38.2 Å². The van der Waals surface area contributed by atoms with Crippen molar-refractivity contribution in [2.75, 3.05) is 44.8 Å². The highest BCUT2D eigenvalue weighted by atomic mass is 16.5. The van der Waals surface area contributed by atoms with Gasteiger partial charge in [0.1, 0.15) is 18.7 Å². The van der Waals surface area contributed by atoms with Crippen LogP contribution in [0.5, 0.6) is 0 Å². The lowest BCUT2D eigenvalue weighted by atomic mass is 10.0. The second-order valence-electron chi connectivity index (χ2n) is 10.9. The molecule has 260 valence electrons. The number of aryl methyl sites for hydroxylation is 1. The minimum absolute atomic E-state index is 0.0976. The van der Waals surface area contributed by atoms with Crippen LogP contribution >= 0.6 is 0 Å². The van der Waals surface area contributed by atoms with Gasteiger partial charge in [-0.25, -0.2) is 14.3 Å². The van der Waals surface area contributed by atoms with Gasteiger partial charge in [0, 0.05) is 31.9 Å². The maximum atomic E-state index is 13.3. The zero-order valence-electron chi connectivity index (χ0n) is 27.4. The first-order valence-corrected chi connectivity index (χ1v) is 15.4. The molecule has 17 heteroatoms. The summed E-state index contributed by atoms with van der Waals surface area (Å²) in [5, 5.41) is 21.1. The fourth-order valence-corrected chi connectivity index (χ4v) is 4.10. The SMILES string of the molecule is CC(=O)OCc1ccc(NC(=O)[C@H](CCCNC(N)=O)NC(=O)[C@@H](NC(=O)NCCOCCOCCn2cc(C)nn2)C(C)C)cc1. The fraction of sp³-hybridized carbons (Fsp3) is 0.567. The van der Waals surface area contributed by atoms with Gasteiger partial charge < -0.3 is 46.5 Å². The lowest BCUT2D eigenvalue weighted by Crippen LogP contribution is -2.56. The lowest BCUT2D eigenvalue weighted by molar-refractivity contribution is -0.142. The van der Waals surface area contributed by atoms with Gasteiger partial charge in [-0.3, -0.25) is 14.4 Å². The molecule has 2 rings (SSSR count). The molecule has 0 aliphatic carbocycles. The highest BCUT2D eigenvalue weighted by Gasteiger charge is 2.29. The second kappa shape index (κ2) is 21.1. The third kappa shape index (κ3) is 16.4. The number of rotatable bonds is 21. The van der Waals surface area contributed by atoms with E-state index in [1.807, 2.05) is 13.1 Å². The summed E-state index contributed by atoms with van der Waals surface area (Å²) in [4.78, 5) is 61.2. The standard InChI is InChI=1S/C30H47N9O8/c1-20(2)26(36-30(44)33-12-14-45-16-17-46-15-13-39-18-21(3)37-38-39)28(42)35-25(6-5-11-32-29(31)43)27(41)34-24-9-7-23(8-10-24)19-47-22(4)40/h7-10,18,20,25-26H,5-6,11-17,19H2,1-4H3,(H,34,41)(H,35,42)(H3,31,32,43)(H2,33,36,44)/t25-,26-/m0/s1. The van der Waals surface area contributed by atoms with E-state index in [2.05, 4.69) is 36.9 Å². The van der Waals surface area contributed by atoms with E-state index < -0.39 is 41.9 Å². The molecule has 2 atom stereocenters. The van der Waals surface area contributed by atoms with Crippen LogP contribution < -0.4 is 32.3 Å². The molecule has 6 amide bonds. The Morgan fingerprint density at radius 3 is 2.23 bits per heavy atom. The first-order chi connectivity index (χ1) is 22.4. The summed E-state index contributed by atoms with van der Waals surface area (Å²) < 4.78 is 17.6. The minimum Gasteiger partial charge on any atom is -0.461 e. The van der Waals surface area contributed by atoms with Crippen molar-refractivity contribution in [2.45, 2.75) is 65.8 Å². The van der Waals surface area contributed by atoms with E-state index >= 15 is 0 Å². The number of hydrogen-bond donors (Lipinski definition) is 6. The van der Waals surface area contributed by atoms with Gasteiger partial charge in [-0.2, -0.15) is 0 Å². The molecule has 17 nitrogen and oxygen atoms in total. The fourth-order valence-electron chi connectivity index (χ4n) is 4.10. The van der Waals surface area contributed by atoms with Gasteiger partial charge in [-0.15, -0.1) is 5.10 Å². The van der Waals surface area contributed by atoms with Gasteiger partial charge in [0.2, 0.25) is 11.8 Å². The molecule has 1 aromatic heterocycles. The molecule has 0 fully saturated rings. The van der Waals surface area contributed by atoms with E-state index in [0.29, 0.717) is 38.5 Å². The summed E-state index contributed by atoms with van der Waals surface area (Å²) in [6, 6.07) is 3.48. The second-order valence-corrected chi connectivity index (χ2v) is 10.9. The Bertz CT molecular complexity index is 1290. The maximum Gasteiger partial charge on any atom is 0.315 e. The van der Waals surface area contributed by atoms with Crippen LogP contribution in [0.25, 0.3) is 0 Å². The number of carbonyl (C=O) groups excluding carboxylic acids is 5. The molecule has 0 saturated heterocycles. The average molecular weight is 662 g/mol. The molecule has 0 aliphatic rings. The summed E-state index contributed by atoms with van der Waals surface area (Å²) in [6.07, 6.45) is 2.35. The summed E-state index contributed by atoms with van der Waals surface area (Å²) >= 11 is 0. The van der Waals surface area contributed by atoms with Crippen molar-refractivity contribution in [3.05, 3.63) is 41.7 Å². The Morgan fingerprint density at radius 2 is 1.62 bits per heavy atom. The molecule has 47 heavy (non-hydrogen) atoms. The summed E-state index contributed by atoms with van der Waals surface area (Å²) in [6.45, 7) is 9.21. The predicted molar refractivity (Wildman–Crippen MR) is 171 cm³/mol. The van der Waals surface area contributed by atoms with Crippen LogP contribution in [0.3, 0.4) is 0 Å². The molecule has 2 aromatic rings. The molecule has 0 bridgehead atoms. The van der Waals surface area contributed by atoms with E-state index in [9.17, 15) is 24.0 Å². The number of esters is 1. The largest absolute Gasteiger partial charge is 0.461 e. The Balaban J connectivity index is 1.82. The minimum atomic E-state index is -0.986. The lowest BCUT2D eigenvalue weighted by Gasteiger charge is -2.25. The monoisotopic (exact) mass is 661 g/mol. The molecular formula is C30H47N9O8. The Labute approximate surface area is 274 Å². The van der Waals surface area contributed by atoms with Crippen molar-refractivity contribution in [3.8, 4) is 0 Å². The zero-order chi connectivity index (χ0) is 34.6. The number of benzene rings is 1. The van der Waals surface area contributed by atoms with Crippen LogP contribution in [-0.2, 0) is 41.7 Å². The van der Waals surface area contributed by atoms with Crippen LogP contribution in [0.4, 0.5) is 15.3 Å². The normalized spacial score (nSPS) is 12.1. The van der Waals surface area contributed by atoms with E-state index in [4.69, 9.17) is 19.9 Å². The van der Waals surface area contributed by atoms with E-state index in [1.54, 1.807) is 42.8 Å². The number of ether oxygens (including phenoxy) is 3. The topological polar surface area (TPSA) is 230 Å². The van der Waals surface area contributed by atoms with Crippen LogP contribution in [0.15, 0.2) is 30.5 Å². The summed E-state index contributed by atoms with van der Waals surface area (Å²) in [5.41, 5.74) is 7.16. The van der Waals surface area contributed by atoms with E-state index in [-0.39, 0.29) is 38.6 Å². The third-order valence-electron chi connectivity index (χ3n) is 6.52. The highest BCUT2D eigenvalue weighted by molar-refractivity contribution is 5.98. The van der Waals surface area contributed by atoms with Crippen LogP contribution in [0.1, 0.15) is 44.9 Å². The van der Waals surface area contributed by atoms with Crippen molar-refractivity contribution in [3.63, 3.8) is 0 Å². The molecular weight excluding hydrogens is 614 g/mol. The third-order valence-corrected chi connectivity index (χ3v) is 6.52. The molecule has 0 radical (unpaired) electrons. The first-order valence-electron chi connectivity index (χ1n) is 15.4. The molecule has 0 spiro atoms. The Morgan fingerprint density at radius 1 is 0.915 bits per heavy atom. The number of primary amides is 1. The van der Waals surface area contributed by atoms with Gasteiger partial charge in [-0.1, -0.05) is 31.2 Å². The number of nitrogens with two attached hydrogens (primary N) is 1. The highest BCUT2D eigenvalue weighted by Crippen LogP contribution is 2.13. The number of carbonyl (C=O) groups is 5. The van der Waals surface area contributed by atoms with Gasteiger partial charge in [0.25, 0.3) is 0 Å². The average Bonchev–Trinajstić information content (AvgIpc) is 3.44. The summed E-state index contributed by atoms with van der Waals surface area (Å²) in [5.74, 6) is -1.76. The smallest absolute Gasteiger partial charge is 0.315 e. The number of hydrogen-bond acceptors (Lipinski definition) is 10. The van der Waals surface area contributed by atoms with Crippen molar-refractivity contribution in [1.29, 1.82) is 0 Å². The van der Waals surface area contributed by atoms with E-state index in [1.165, 1.54) is 6.92 Å². The molecule has 0 aliphatic heterocycles. The first kappa shape index (κ1) is 38.4. The predicted octanol–water partition coefficient (Wildman–Crippen LogP) is 0.579. The zero-order valence-corrected chi connectivity index (χ0v) is 27.4. The molecule has 1 heterocycles.